The van der Waals surface area contributed by atoms with Crippen LogP contribution in [0.4, 0.5) is 5.82 Å². The van der Waals surface area contributed by atoms with Crippen LogP contribution in [0.3, 0.4) is 0 Å². The van der Waals surface area contributed by atoms with Crippen molar-refractivity contribution in [3.8, 4) is 0 Å². The van der Waals surface area contributed by atoms with Gasteiger partial charge in [-0.3, -0.25) is 4.79 Å². The molecule has 2 aliphatic rings. The Morgan fingerprint density at radius 1 is 1.26 bits per heavy atom. The number of carbonyl (C=O) groups excluding carboxylic acids is 1. The molecular formula is C23H36N4O3P+. The van der Waals surface area contributed by atoms with E-state index in [-0.39, 0.29) is 28.1 Å². The summed E-state index contributed by atoms with van der Waals surface area (Å²) in [5.74, 6) is 0.889. The summed E-state index contributed by atoms with van der Waals surface area (Å²) in [6, 6.07) is 1.62. The van der Waals surface area contributed by atoms with Gasteiger partial charge in [-0.1, -0.05) is 46.3 Å². The molecule has 0 spiro atoms. The highest BCUT2D eigenvalue weighted by molar-refractivity contribution is 7.60. The van der Waals surface area contributed by atoms with Crippen molar-refractivity contribution in [3.05, 3.63) is 29.2 Å². The summed E-state index contributed by atoms with van der Waals surface area (Å²) in [6.45, 7) is 17.6. The number of hydrogen-bond donors (Lipinski definition) is 2. The van der Waals surface area contributed by atoms with Gasteiger partial charge in [0.15, 0.2) is 17.0 Å². The van der Waals surface area contributed by atoms with Crippen LogP contribution in [0, 0.1) is 17.8 Å². The lowest BCUT2D eigenvalue weighted by molar-refractivity contribution is -0.128. The molecule has 2 N–H and O–H groups in total. The molecule has 1 aromatic rings. The van der Waals surface area contributed by atoms with E-state index in [0.29, 0.717) is 24.8 Å². The van der Waals surface area contributed by atoms with Gasteiger partial charge in [-0.05, 0) is 42.7 Å². The fraction of sp³-hybridized carbons (Fsp3) is 0.609. The van der Waals surface area contributed by atoms with Crippen LogP contribution in [0.25, 0.3) is 0 Å². The molecule has 0 fully saturated rings. The minimum Gasteiger partial charge on any atom is -0.509 e. The van der Waals surface area contributed by atoms with Crippen LogP contribution in [0.15, 0.2) is 28.4 Å². The lowest BCUT2D eigenvalue weighted by Gasteiger charge is -2.36. The van der Waals surface area contributed by atoms with Gasteiger partial charge in [-0.25, -0.2) is 9.51 Å². The molecule has 8 heteroatoms. The van der Waals surface area contributed by atoms with Crippen LogP contribution in [-0.2, 0) is 9.32 Å². The summed E-state index contributed by atoms with van der Waals surface area (Å²) < 4.78 is 10.7. The number of aromatic nitrogens is 1. The Bertz CT molecular complexity index is 928. The maximum atomic E-state index is 13.6. The van der Waals surface area contributed by atoms with Gasteiger partial charge in [-0.2, -0.15) is 0 Å². The Kier molecular flexibility index (Phi) is 6.50. The Balaban J connectivity index is 2.03. The van der Waals surface area contributed by atoms with E-state index in [0.717, 1.165) is 17.3 Å². The van der Waals surface area contributed by atoms with E-state index in [1.165, 1.54) is 0 Å². The number of carbonyl (C=O) groups is 1. The van der Waals surface area contributed by atoms with Gasteiger partial charge in [0.25, 0.3) is 14.2 Å². The SMILES string of the molecule is CCO[PH+]1N=C(C2=C(O)C(C(C)(C)C)N(CCC(C)(C)C)C2=O)Nc2ncc(C)cc21. The molecule has 7 nitrogen and oxygen atoms in total. The van der Waals surface area contributed by atoms with Crippen molar-refractivity contribution in [3.63, 3.8) is 0 Å². The van der Waals surface area contributed by atoms with E-state index >= 15 is 0 Å². The number of aryl methyl sites for hydroxylation is 1. The quantitative estimate of drug-likeness (QED) is 0.653. The van der Waals surface area contributed by atoms with Crippen molar-refractivity contribution < 1.29 is 14.4 Å². The van der Waals surface area contributed by atoms with Crippen LogP contribution in [0.5, 0.6) is 0 Å². The number of hydrogen-bond acceptors (Lipinski definition) is 6. The number of nitrogens with one attached hydrogen (secondary N) is 1. The maximum Gasteiger partial charge on any atom is 0.288 e. The van der Waals surface area contributed by atoms with Crippen molar-refractivity contribution >= 4 is 31.2 Å². The van der Waals surface area contributed by atoms with Gasteiger partial charge in [0, 0.05) is 12.7 Å². The molecule has 0 saturated carbocycles. The molecule has 0 bridgehead atoms. The lowest BCUT2D eigenvalue weighted by atomic mass is 9.84. The predicted octanol–water partition coefficient (Wildman–Crippen LogP) is 4.43. The highest BCUT2D eigenvalue weighted by atomic mass is 31.2. The highest BCUT2D eigenvalue weighted by Crippen LogP contribution is 2.45. The minimum absolute atomic E-state index is 0.0751. The molecule has 0 saturated heterocycles. The zero-order valence-electron chi connectivity index (χ0n) is 20.0. The first-order valence-electron chi connectivity index (χ1n) is 10.9. The zero-order chi connectivity index (χ0) is 23.1. The lowest BCUT2D eigenvalue weighted by Crippen LogP contribution is -2.45. The summed E-state index contributed by atoms with van der Waals surface area (Å²) in [4.78, 5) is 19.9. The number of aliphatic hydroxyl groups excluding tert-OH is 1. The normalized spacial score (nSPS) is 21.9. The number of anilines is 1. The predicted molar refractivity (Wildman–Crippen MR) is 128 cm³/mol. The molecule has 2 aliphatic heterocycles. The molecule has 170 valence electrons. The fourth-order valence-electron chi connectivity index (χ4n) is 3.94. The first-order valence-corrected chi connectivity index (χ1v) is 12.3. The maximum absolute atomic E-state index is 13.6. The Morgan fingerprint density at radius 3 is 2.52 bits per heavy atom. The molecule has 3 rings (SSSR count). The van der Waals surface area contributed by atoms with Gasteiger partial charge < -0.3 is 15.3 Å². The second kappa shape index (κ2) is 8.51. The van der Waals surface area contributed by atoms with Gasteiger partial charge >= 0.3 is 0 Å². The Hall–Kier alpha value is -1.98. The monoisotopic (exact) mass is 447 g/mol. The zero-order valence-corrected chi connectivity index (χ0v) is 21.0. The summed E-state index contributed by atoms with van der Waals surface area (Å²) in [5.41, 5.74) is 1.02. The average molecular weight is 448 g/mol. The first kappa shape index (κ1) is 23.7. The average Bonchev–Trinajstić information content (AvgIpc) is 2.90. The van der Waals surface area contributed by atoms with E-state index < -0.39 is 14.3 Å². The molecule has 0 aliphatic carbocycles. The smallest absolute Gasteiger partial charge is 0.288 e. The van der Waals surface area contributed by atoms with Crippen molar-refractivity contribution in [2.24, 2.45) is 15.6 Å². The van der Waals surface area contributed by atoms with E-state index in [9.17, 15) is 9.90 Å². The van der Waals surface area contributed by atoms with Crippen LogP contribution < -0.4 is 10.6 Å². The van der Waals surface area contributed by atoms with Gasteiger partial charge in [-0.15, -0.1) is 0 Å². The van der Waals surface area contributed by atoms with Gasteiger partial charge in [0.2, 0.25) is 0 Å². The molecule has 0 aromatic carbocycles. The number of aliphatic hydroxyl groups is 1. The molecular weight excluding hydrogens is 411 g/mol. The van der Waals surface area contributed by atoms with E-state index in [1.54, 1.807) is 11.1 Å². The molecule has 1 aromatic heterocycles. The number of amides is 1. The second-order valence-electron chi connectivity index (χ2n) is 10.6. The summed E-state index contributed by atoms with van der Waals surface area (Å²) in [7, 11) is -1.77. The number of amidine groups is 1. The van der Waals surface area contributed by atoms with Gasteiger partial charge in [0.05, 0.1) is 12.6 Å². The Labute approximate surface area is 186 Å². The third-order valence-electron chi connectivity index (χ3n) is 5.45. The number of pyridine rings is 1. The van der Waals surface area contributed by atoms with E-state index in [4.69, 9.17) is 9.29 Å². The summed E-state index contributed by atoms with van der Waals surface area (Å²) >= 11 is 0. The number of fused-ring (bicyclic) bond motifs is 1. The molecule has 31 heavy (non-hydrogen) atoms. The van der Waals surface area contributed by atoms with Crippen molar-refractivity contribution in [1.82, 2.24) is 9.88 Å². The Morgan fingerprint density at radius 2 is 1.94 bits per heavy atom. The molecule has 1 amide bonds. The number of rotatable bonds is 5. The van der Waals surface area contributed by atoms with Crippen LogP contribution in [-0.4, -0.2) is 45.9 Å². The third-order valence-corrected chi connectivity index (χ3v) is 7.28. The molecule has 0 radical (unpaired) electrons. The molecule has 2 unspecified atom stereocenters. The highest BCUT2D eigenvalue weighted by Gasteiger charge is 2.48. The van der Waals surface area contributed by atoms with Crippen LogP contribution in [0.1, 0.15) is 60.5 Å². The van der Waals surface area contributed by atoms with Crippen LogP contribution in [0.2, 0.25) is 0 Å². The van der Waals surface area contributed by atoms with Crippen LogP contribution >= 0.6 is 8.30 Å². The second-order valence-corrected chi connectivity index (χ2v) is 12.2. The van der Waals surface area contributed by atoms with Crippen molar-refractivity contribution in [2.75, 3.05) is 18.5 Å². The third kappa shape index (κ3) is 4.93. The molecule has 3 heterocycles. The minimum atomic E-state index is -1.77. The summed E-state index contributed by atoms with van der Waals surface area (Å²) in [6.07, 6.45) is 2.61. The van der Waals surface area contributed by atoms with E-state index in [2.05, 4.69) is 31.1 Å². The van der Waals surface area contributed by atoms with Gasteiger partial charge in [0.1, 0.15) is 11.3 Å². The topological polar surface area (TPSA) is 87.0 Å². The van der Waals surface area contributed by atoms with Crippen molar-refractivity contribution in [1.29, 1.82) is 0 Å². The first-order chi connectivity index (χ1) is 14.3. The van der Waals surface area contributed by atoms with Crippen molar-refractivity contribution in [2.45, 2.75) is 67.9 Å². The standard InChI is InChI=1S/C23H35N4O3P/c1-9-30-31-15-12-14(2)13-24-19(15)25-20(26-31)16-17(28)18(23(6,7)8)27(21(16)29)11-10-22(3,4)5/h12-13,18,28H,9-11H2,1-8H3,(H,24,25,26)/p+1. The molecule has 2 atom stereocenters. The largest absolute Gasteiger partial charge is 0.509 e. The number of nitrogens with zero attached hydrogens (tertiary/aromatic N) is 3. The fourth-order valence-corrected chi connectivity index (χ4v) is 5.61. The van der Waals surface area contributed by atoms with E-state index in [1.807, 2.05) is 40.7 Å². The summed E-state index contributed by atoms with van der Waals surface area (Å²) in [5, 5.41) is 15.4.